The van der Waals surface area contributed by atoms with E-state index in [1.807, 2.05) is 0 Å². The molecular formula is C14H15N3O4S. The summed E-state index contributed by atoms with van der Waals surface area (Å²) in [7, 11) is 0. The number of carbonyl (C=O) groups excluding carboxylic acids is 1. The molecule has 0 aromatic heterocycles. The van der Waals surface area contributed by atoms with Gasteiger partial charge >= 0.3 is 0 Å². The fourth-order valence-electron chi connectivity index (χ4n) is 2.78. The number of nitro groups is 1. The van der Waals surface area contributed by atoms with Gasteiger partial charge in [0.2, 0.25) is 5.91 Å². The normalized spacial score (nSPS) is 23.2. The first-order valence-corrected chi connectivity index (χ1v) is 7.91. The molecule has 1 aromatic carbocycles. The quantitative estimate of drug-likeness (QED) is 0.632. The Hall–Kier alpha value is -2.09. The molecule has 0 aliphatic carbocycles. The minimum atomic E-state index is -0.553. The van der Waals surface area contributed by atoms with Crippen LogP contribution in [0.3, 0.4) is 0 Å². The molecule has 1 atom stereocenters. The van der Waals surface area contributed by atoms with Crippen molar-refractivity contribution in [1.29, 1.82) is 0 Å². The number of hydrogen-bond donors (Lipinski definition) is 1. The molecule has 22 heavy (non-hydrogen) atoms. The molecule has 1 spiro atoms. The minimum Gasteiger partial charge on any atom is -0.493 e. The number of fused-ring (bicyclic) bond motifs is 2. The van der Waals surface area contributed by atoms with Crippen LogP contribution in [0.2, 0.25) is 0 Å². The lowest BCUT2D eigenvalue weighted by Crippen LogP contribution is -2.39. The van der Waals surface area contributed by atoms with Crippen LogP contribution in [-0.2, 0) is 10.3 Å². The average molecular weight is 321 g/mol. The van der Waals surface area contributed by atoms with Crippen molar-refractivity contribution in [3.63, 3.8) is 0 Å². The van der Waals surface area contributed by atoms with E-state index >= 15 is 0 Å². The summed E-state index contributed by atoms with van der Waals surface area (Å²) in [6, 6.07) is 4.61. The van der Waals surface area contributed by atoms with Gasteiger partial charge in [0.05, 0.1) is 17.1 Å². The van der Waals surface area contributed by atoms with Crippen molar-refractivity contribution in [2.75, 3.05) is 12.4 Å². The largest absolute Gasteiger partial charge is 0.493 e. The molecular weight excluding hydrogens is 306 g/mol. The predicted molar refractivity (Wildman–Crippen MR) is 83.2 cm³/mol. The Morgan fingerprint density at radius 3 is 3.05 bits per heavy atom. The molecule has 1 aromatic rings. The molecule has 3 rings (SSSR count). The Bertz CT molecular complexity index is 676. The van der Waals surface area contributed by atoms with Crippen molar-refractivity contribution in [2.24, 2.45) is 4.99 Å². The number of thioether (sulfide) groups is 1. The van der Waals surface area contributed by atoms with Gasteiger partial charge in [-0.2, -0.15) is 0 Å². The van der Waals surface area contributed by atoms with Crippen molar-refractivity contribution in [3.8, 4) is 5.75 Å². The first-order chi connectivity index (χ1) is 10.5. The molecule has 2 aliphatic rings. The van der Waals surface area contributed by atoms with Gasteiger partial charge in [0.1, 0.15) is 5.75 Å². The van der Waals surface area contributed by atoms with Crippen LogP contribution in [0, 0.1) is 10.1 Å². The molecule has 7 nitrogen and oxygen atoms in total. The van der Waals surface area contributed by atoms with Crippen LogP contribution in [0.1, 0.15) is 25.3 Å². The summed E-state index contributed by atoms with van der Waals surface area (Å²) >= 11 is 1.49. The number of amides is 1. The summed E-state index contributed by atoms with van der Waals surface area (Å²) in [6.07, 6.45) is 1.41. The monoisotopic (exact) mass is 321 g/mol. The summed E-state index contributed by atoms with van der Waals surface area (Å²) in [6.45, 7) is 1.94. The second-order valence-corrected chi connectivity index (χ2v) is 6.35. The molecule has 1 unspecified atom stereocenters. The molecule has 0 saturated carbocycles. The van der Waals surface area contributed by atoms with Crippen molar-refractivity contribution >= 4 is 28.5 Å². The number of hydrogen-bond acceptors (Lipinski definition) is 6. The number of carbonyl (C=O) groups is 1. The van der Waals surface area contributed by atoms with Crippen molar-refractivity contribution < 1.29 is 14.5 Å². The SMILES string of the molecule is CC(=O)NC1=NC2(CCOc3ccc([N+](=O)[O-])cc32)CCS1. The topological polar surface area (TPSA) is 93.8 Å². The lowest BCUT2D eigenvalue weighted by Gasteiger charge is -2.38. The van der Waals surface area contributed by atoms with Gasteiger partial charge in [-0.25, -0.2) is 0 Å². The Morgan fingerprint density at radius 1 is 1.50 bits per heavy atom. The van der Waals surface area contributed by atoms with Crippen molar-refractivity contribution in [1.82, 2.24) is 5.32 Å². The highest BCUT2D eigenvalue weighted by atomic mass is 32.2. The van der Waals surface area contributed by atoms with E-state index in [1.165, 1.54) is 24.8 Å². The van der Waals surface area contributed by atoms with E-state index in [9.17, 15) is 14.9 Å². The zero-order valence-corrected chi connectivity index (χ0v) is 12.8. The van der Waals surface area contributed by atoms with Gasteiger partial charge < -0.3 is 10.1 Å². The van der Waals surface area contributed by atoms with Crippen LogP contribution in [0.5, 0.6) is 5.75 Å². The smallest absolute Gasteiger partial charge is 0.270 e. The molecule has 0 radical (unpaired) electrons. The van der Waals surface area contributed by atoms with E-state index < -0.39 is 10.5 Å². The summed E-state index contributed by atoms with van der Waals surface area (Å²) in [5.74, 6) is 1.26. The van der Waals surface area contributed by atoms with Gasteiger partial charge in [-0.1, -0.05) is 11.8 Å². The molecule has 0 saturated heterocycles. The molecule has 0 bridgehead atoms. The first kappa shape index (κ1) is 14.8. The highest BCUT2D eigenvalue weighted by Gasteiger charge is 2.41. The van der Waals surface area contributed by atoms with Crippen LogP contribution < -0.4 is 10.1 Å². The number of rotatable bonds is 1. The maximum Gasteiger partial charge on any atom is 0.270 e. The molecule has 2 heterocycles. The number of amidine groups is 1. The average Bonchev–Trinajstić information content (AvgIpc) is 2.47. The molecule has 2 aliphatic heterocycles. The zero-order valence-electron chi connectivity index (χ0n) is 12.0. The highest BCUT2D eigenvalue weighted by molar-refractivity contribution is 8.13. The number of aliphatic imine (C=N–C) groups is 1. The second kappa shape index (κ2) is 5.60. The maximum absolute atomic E-state index is 11.3. The summed E-state index contributed by atoms with van der Waals surface area (Å²) in [4.78, 5) is 26.6. The van der Waals surface area contributed by atoms with E-state index in [0.717, 1.165) is 17.7 Å². The van der Waals surface area contributed by atoms with E-state index in [2.05, 4.69) is 5.32 Å². The van der Waals surface area contributed by atoms with Gasteiger partial charge in [0.15, 0.2) is 5.17 Å². The summed E-state index contributed by atoms with van der Waals surface area (Å²) in [5.41, 5.74) is 0.206. The number of ether oxygens (including phenoxy) is 1. The standard InChI is InChI=1S/C14H15N3O4S/c1-9(18)15-13-16-14(5-7-22-13)4-6-21-12-3-2-10(17(19)20)8-11(12)14/h2-3,8H,4-7H2,1H3,(H,15,16,18). The molecule has 1 N–H and O–H groups in total. The third-order valence-corrected chi connectivity index (χ3v) is 4.68. The molecule has 8 heteroatoms. The number of non-ortho nitro benzene ring substituents is 1. The second-order valence-electron chi connectivity index (χ2n) is 5.26. The van der Waals surface area contributed by atoms with Crippen LogP contribution in [0.25, 0.3) is 0 Å². The molecule has 116 valence electrons. The van der Waals surface area contributed by atoms with Gasteiger partial charge in [0.25, 0.3) is 5.69 Å². The number of benzene rings is 1. The fourth-order valence-corrected chi connectivity index (χ4v) is 3.86. The predicted octanol–water partition coefficient (Wildman–Crippen LogP) is 2.20. The van der Waals surface area contributed by atoms with Crippen LogP contribution >= 0.6 is 11.8 Å². The lowest BCUT2D eigenvalue weighted by molar-refractivity contribution is -0.385. The van der Waals surface area contributed by atoms with Crippen LogP contribution in [0.15, 0.2) is 23.2 Å². The highest BCUT2D eigenvalue weighted by Crippen LogP contribution is 2.46. The van der Waals surface area contributed by atoms with Crippen LogP contribution in [-0.4, -0.2) is 28.4 Å². The number of nitro benzene ring substituents is 1. The number of nitrogens with one attached hydrogen (secondary N) is 1. The van der Waals surface area contributed by atoms with Crippen molar-refractivity contribution in [3.05, 3.63) is 33.9 Å². The first-order valence-electron chi connectivity index (χ1n) is 6.92. The van der Waals surface area contributed by atoms with E-state index in [4.69, 9.17) is 9.73 Å². The Labute approximate surface area is 131 Å². The summed E-state index contributed by atoms with van der Waals surface area (Å²) < 4.78 is 5.62. The minimum absolute atomic E-state index is 0.0260. The van der Waals surface area contributed by atoms with Gasteiger partial charge in [-0.05, 0) is 12.5 Å². The van der Waals surface area contributed by atoms with E-state index in [1.54, 1.807) is 12.1 Å². The molecule has 0 fully saturated rings. The Balaban J connectivity index is 2.07. The summed E-state index contributed by atoms with van der Waals surface area (Å²) in [5, 5.41) is 14.3. The Kier molecular flexibility index (Phi) is 3.78. The van der Waals surface area contributed by atoms with E-state index in [0.29, 0.717) is 23.9 Å². The fraction of sp³-hybridized carbons (Fsp3) is 0.429. The third kappa shape index (κ3) is 2.66. The van der Waals surface area contributed by atoms with Crippen LogP contribution in [0.4, 0.5) is 5.69 Å². The lowest BCUT2D eigenvalue weighted by atomic mass is 9.82. The Morgan fingerprint density at radius 2 is 2.32 bits per heavy atom. The van der Waals surface area contributed by atoms with Gasteiger partial charge in [-0.3, -0.25) is 19.9 Å². The number of nitrogens with zero attached hydrogens (tertiary/aromatic N) is 2. The molecule has 1 amide bonds. The van der Waals surface area contributed by atoms with Crippen molar-refractivity contribution in [2.45, 2.75) is 25.3 Å². The van der Waals surface area contributed by atoms with Gasteiger partial charge in [0, 0.05) is 36.8 Å². The zero-order chi connectivity index (χ0) is 15.7. The maximum atomic E-state index is 11.3. The van der Waals surface area contributed by atoms with E-state index in [-0.39, 0.29) is 11.6 Å². The third-order valence-electron chi connectivity index (χ3n) is 3.80. The van der Waals surface area contributed by atoms with Gasteiger partial charge in [-0.15, -0.1) is 0 Å².